The lowest BCUT2D eigenvalue weighted by Gasteiger charge is -2.11. The molecule has 4 aromatic rings. The van der Waals surface area contributed by atoms with Gasteiger partial charge in [0.25, 0.3) is 5.56 Å². The summed E-state index contributed by atoms with van der Waals surface area (Å²) in [7, 11) is 0. The van der Waals surface area contributed by atoms with Gasteiger partial charge in [0.2, 0.25) is 0 Å². The van der Waals surface area contributed by atoms with Crippen LogP contribution in [0.3, 0.4) is 0 Å². The minimum atomic E-state index is -0.0677. The summed E-state index contributed by atoms with van der Waals surface area (Å²) in [6.07, 6.45) is 1.57. The van der Waals surface area contributed by atoms with E-state index in [4.69, 9.17) is 4.98 Å². The van der Waals surface area contributed by atoms with Crippen molar-refractivity contribution in [2.45, 2.75) is 31.0 Å². The molecule has 0 fully saturated rings. The van der Waals surface area contributed by atoms with E-state index in [1.807, 2.05) is 45.0 Å². The van der Waals surface area contributed by atoms with Crippen LogP contribution in [0.5, 0.6) is 0 Å². The van der Waals surface area contributed by atoms with Crippen molar-refractivity contribution in [3.05, 3.63) is 57.2 Å². The predicted molar refractivity (Wildman–Crippen MR) is 104 cm³/mol. The first-order valence-corrected chi connectivity index (χ1v) is 9.60. The van der Waals surface area contributed by atoms with Gasteiger partial charge < -0.3 is 4.98 Å². The fourth-order valence-electron chi connectivity index (χ4n) is 2.76. The summed E-state index contributed by atoms with van der Waals surface area (Å²) in [5, 5.41) is 2.57. The quantitative estimate of drug-likeness (QED) is 0.429. The second kappa shape index (κ2) is 6.24. The number of aromatic amines is 1. The molecule has 3 aromatic heterocycles. The molecule has 25 heavy (non-hydrogen) atoms. The highest BCUT2D eigenvalue weighted by Crippen LogP contribution is 2.36. The molecule has 0 amide bonds. The molecular weight excluding hydrogens is 352 g/mol. The maximum Gasteiger partial charge on any atom is 0.259 e. The van der Waals surface area contributed by atoms with Gasteiger partial charge in [0, 0.05) is 10.3 Å². The third-order valence-electron chi connectivity index (χ3n) is 4.24. The molecule has 0 radical (unpaired) electrons. The number of nitrogens with zero attached hydrogens (tertiary/aromatic N) is 3. The van der Waals surface area contributed by atoms with Gasteiger partial charge in [0.1, 0.15) is 22.0 Å². The monoisotopic (exact) mass is 368 g/mol. The number of thioether (sulfide) groups is 1. The Morgan fingerprint density at radius 3 is 2.84 bits per heavy atom. The number of aryl methyl sites for hydroxylation is 2. The summed E-state index contributed by atoms with van der Waals surface area (Å²) >= 11 is 3.14. The standard InChI is InChI=1S/C18H16N4OS2/c1-9-10(2)24-18-14(9)16(23)21-15(22-18)11(3)25-17-12-6-4-5-7-13(12)19-8-20-17/h4-8,11H,1-3H3,(H,21,22,23)/t11-/m0/s1. The molecule has 0 aliphatic rings. The number of benzene rings is 1. The highest BCUT2D eigenvalue weighted by molar-refractivity contribution is 7.99. The van der Waals surface area contributed by atoms with E-state index in [1.165, 1.54) is 0 Å². The molecule has 0 aliphatic carbocycles. The van der Waals surface area contributed by atoms with E-state index in [0.717, 1.165) is 31.2 Å². The molecule has 0 aliphatic heterocycles. The van der Waals surface area contributed by atoms with Crippen molar-refractivity contribution in [2.24, 2.45) is 0 Å². The molecule has 7 heteroatoms. The zero-order valence-electron chi connectivity index (χ0n) is 14.0. The van der Waals surface area contributed by atoms with Crippen LogP contribution in [0.15, 0.2) is 40.4 Å². The van der Waals surface area contributed by atoms with E-state index in [-0.39, 0.29) is 10.8 Å². The number of para-hydroxylation sites is 1. The second-order valence-corrected chi connectivity index (χ2v) is 8.40. The van der Waals surface area contributed by atoms with Gasteiger partial charge in [-0.25, -0.2) is 15.0 Å². The highest BCUT2D eigenvalue weighted by atomic mass is 32.2. The average molecular weight is 368 g/mol. The number of aromatic nitrogens is 4. The number of H-pyrrole nitrogens is 1. The van der Waals surface area contributed by atoms with E-state index < -0.39 is 0 Å². The molecule has 0 bridgehead atoms. The summed E-state index contributed by atoms with van der Waals surface area (Å²) < 4.78 is 0. The first-order chi connectivity index (χ1) is 12.0. The SMILES string of the molecule is Cc1sc2nc([C@H](C)Sc3ncnc4ccccc34)[nH]c(=O)c2c1C. The maximum absolute atomic E-state index is 12.5. The van der Waals surface area contributed by atoms with Crippen LogP contribution in [-0.2, 0) is 0 Å². The Kier molecular flexibility index (Phi) is 4.05. The molecule has 3 heterocycles. The highest BCUT2D eigenvalue weighted by Gasteiger charge is 2.17. The van der Waals surface area contributed by atoms with Crippen LogP contribution in [0.1, 0.15) is 28.4 Å². The van der Waals surface area contributed by atoms with Crippen molar-refractivity contribution in [1.82, 2.24) is 19.9 Å². The topological polar surface area (TPSA) is 71.5 Å². The van der Waals surface area contributed by atoms with Gasteiger partial charge in [-0.3, -0.25) is 4.79 Å². The van der Waals surface area contributed by atoms with Gasteiger partial charge in [-0.05, 0) is 32.4 Å². The van der Waals surface area contributed by atoms with Crippen LogP contribution in [0.25, 0.3) is 21.1 Å². The Bertz CT molecular complexity index is 1140. The van der Waals surface area contributed by atoms with Crippen LogP contribution in [0.2, 0.25) is 0 Å². The lowest BCUT2D eigenvalue weighted by Crippen LogP contribution is -2.12. The third-order valence-corrected chi connectivity index (χ3v) is 6.46. The molecule has 5 nitrogen and oxygen atoms in total. The molecule has 4 rings (SSSR count). The lowest BCUT2D eigenvalue weighted by molar-refractivity contribution is 0.921. The van der Waals surface area contributed by atoms with Gasteiger partial charge >= 0.3 is 0 Å². The zero-order chi connectivity index (χ0) is 17.6. The predicted octanol–water partition coefficient (Wildman–Crippen LogP) is 4.40. The molecule has 0 saturated heterocycles. The van der Waals surface area contributed by atoms with Crippen molar-refractivity contribution >= 4 is 44.2 Å². The average Bonchev–Trinajstić information content (AvgIpc) is 2.90. The molecule has 126 valence electrons. The van der Waals surface area contributed by atoms with Crippen molar-refractivity contribution in [2.75, 3.05) is 0 Å². The van der Waals surface area contributed by atoms with Gasteiger partial charge in [-0.1, -0.05) is 30.0 Å². The second-order valence-electron chi connectivity index (χ2n) is 5.87. The van der Waals surface area contributed by atoms with Gasteiger partial charge in [-0.2, -0.15) is 0 Å². The normalized spacial score (nSPS) is 12.8. The summed E-state index contributed by atoms with van der Waals surface area (Å²) in [5.74, 6) is 0.673. The molecule has 1 atom stereocenters. The van der Waals surface area contributed by atoms with Gasteiger partial charge in [-0.15, -0.1) is 11.3 Å². The van der Waals surface area contributed by atoms with Crippen molar-refractivity contribution in [3.8, 4) is 0 Å². The van der Waals surface area contributed by atoms with Crippen molar-refractivity contribution < 1.29 is 0 Å². The fourth-order valence-corrected chi connectivity index (χ4v) is 4.76. The Morgan fingerprint density at radius 1 is 1.20 bits per heavy atom. The first-order valence-electron chi connectivity index (χ1n) is 7.91. The molecule has 0 saturated carbocycles. The van der Waals surface area contributed by atoms with Crippen LogP contribution in [0, 0.1) is 13.8 Å². The number of hydrogen-bond donors (Lipinski definition) is 1. The Hall–Kier alpha value is -2.25. The largest absolute Gasteiger partial charge is 0.309 e. The van der Waals surface area contributed by atoms with Crippen LogP contribution in [-0.4, -0.2) is 19.9 Å². The van der Waals surface area contributed by atoms with E-state index in [9.17, 15) is 4.79 Å². The van der Waals surface area contributed by atoms with Crippen molar-refractivity contribution in [3.63, 3.8) is 0 Å². The van der Waals surface area contributed by atoms with E-state index in [0.29, 0.717) is 11.2 Å². The van der Waals surface area contributed by atoms with E-state index in [1.54, 1.807) is 29.4 Å². The Morgan fingerprint density at radius 2 is 2.00 bits per heavy atom. The van der Waals surface area contributed by atoms with Crippen LogP contribution >= 0.6 is 23.1 Å². The summed E-state index contributed by atoms with van der Waals surface area (Å²) in [6, 6.07) is 7.91. The molecule has 1 aromatic carbocycles. The Labute approximate surface area is 152 Å². The number of hydrogen-bond acceptors (Lipinski definition) is 6. The minimum absolute atomic E-state index is 0.0295. The minimum Gasteiger partial charge on any atom is -0.309 e. The van der Waals surface area contributed by atoms with E-state index >= 15 is 0 Å². The van der Waals surface area contributed by atoms with Gasteiger partial charge in [0.15, 0.2) is 0 Å². The van der Waals surface area contributed by atoms with Crippen LogP contribution < -0.4 is 5.56 Å². The number of thiophene rings is 1. The maximum atomic E-state index is 12.5. The molecule has 1 N–H and O–H groups in total. The third kappa shape index (κ3) is 2.83. The lowest BCUT2D eigenvalue weighted by atomic mass is 10.2. The molecular formula is C18H16N4OS2. The summed E-state index contributed by atoms with van der Waals surface area (Å²) in [6.45, 7) is 6.01. The zero-order valence-corrected chi connectivity index (χ0v) is 15.7. The number of fused-ring (bicyclic) bond motifs is 2. The van der Waals surface area contributed by atoms with Crippen molar-refractivity contribution in [1.29, 1.82) is 0 Å². The Balaban J connectivity index is 1.75. The van der Waals surface area contributed by atoms with E-state index in [2.05, 4.69) is 15.0 Å². The molecule has 0 spiro atoms. The number of rotatable bonds is 3. The fraction of sp³-hybridized carbons (Fsp3) is 0.222. The summed E-state index contributed by atoms with van der Waals surface area (Å²) in [4.78, 5) is 30.8. The number of nitrogens with one attached hydrogen (secondary N) is 1. The van der Waals surface area contributed by atoms with Crippen LogP contribution in [0.4, 0.5) is 0 Å². The first kappa shape index (κ1) is 16.2. The smallest absolute Gasteiger partial charge is 0.259 e. The molecule has 0 unspecified atom stereocenters. The summed E-state index contributed by atoms with van der Waals surface area (Å²) in [5.41, 5.74) is 1.86. The van der Waals surface area contributed by atoms with Gasteiger partial charge in [0.05, 0.1) is 16.2 Å².